The predicted octanol–water partition coefficient (Wildman–Crippen LogP) is 6.56. The van der Waals surface area contributed by atoms with Gasteiger partial charge in [0.1, 0.15) is 5.75 Å². The molecule has 0 aliphatic rings. The van der Waals surface area contributed by atoms with Crippen LogP contribution in [0.4, 0.5) is 0 Å². The monoisotopic (exact) mass is 380 g/mol. The molecule has 0 atom stereocenters. The van der Waals surface area contributed by atoms with Crippen LogP contribution in [0.5, 0.6) is 5.75 Å². The maximum absolute atomic E-state index is 5.49. The van der Waals surface area contributed by atoms with Gasteiger partial charge in [-0.1, -0.05) is 24.3 Å². The summed E-state index contributed by atoms with van der Waals surface area (Å²) in [5, 5.41) is 3.76. The van der Waals surface area contributed by atoms with Gasteiger partial charge >= 0.3 is 0 Å². The fourth-order valence-electron chi connectivity index (χ4n) is 4.14. The highest BCUT2D eigenvalue weighted by Crippen LogP contribution is 2.42. The van der Waals surface area contributed by atoms with E-state index in [1.165, 1.54) is 31.1 Å². The molecule has 0 saturated carbocycles. The van der Waals surface area contributed by atoms with Gasteiger partial charge in [0.25, 0.3) is 0 Å². The molecule has 0 N–H and O–H groups in total. The van der Waals surface area contributed by atoms with Crippen molar-refractivity contribution >= 4 is 53.4 Å². The zero-order valence-electron chi connectivity index (χ0n) is 15.2. The second-order valence-corrected chi connectivity index (χ2v) is 7.92. The molecule has 6 aromatic rings. The first-order chi connectivity index (χ1) is 13.8. The summed E-state index contributed by atoms with van der Waals surface area (Å²) in [6.07, 6.45) is 1.87. The molecule has 0 spiro atoms. The van der Waals surface area contributed by atoms with Crippen molar-refractivity contribution in [2.24, 2.45) is 0 Å². The lowest BCUT2D eigenvalue weighted by Crippen LogP contribution is -1.95. The van der Waals surface area contributed by atoms with Crippen LogP contribution in [0.15, 0.2) is 79.0 Å². The van der Waals surface area contributed by atoms with E-state index in [1.54, 1.807) is 7.11 Å². The summed E-state index contributed by atoms with van der Waals surface area (Å²) in [6.45, 7) is 0. The highest BCUT2D eigenvalue weighted by atomic mass is 32.1. The number of hydrogen-bond acceptors (Lipinski definition) is 3. The summed E-state index contributed by atoms with van der Waals surface area (Å²) < 4.78 is 10.4. The van der Waals surface area contributed by atoms with E-state index < -0.39 is 0 Å². The Kier molecular flexibility index (Phi) is 3.25. The molecule has 28 heavy (non-hydrogen) atoms. The average molecular weight is 380 g/mol. The molecule has 3 aromatic carbocycles. The number of benzene rings is 3. The molecule has 0 fully saturated rings. The molecule has 0 bridgehead atoms. The van der Waals surface area contributed by atoms with Crippen LogP contribution < -0.4 is 4.74 Å². The minimum Gasteiger partial charge on any atom is -0.497 e. The van der Waals surface area contributed by atoms with Gasteiger partial charge in [-0.25, -0.2) is 0 Å². The van der Waals surface area contributed by atoms with Crippen LogP contribution in [-0.4, -0.2) is 16.7 Å². The zero-order chi connectivity index (χ0) is 18.7. The zero-order valence-corrected chi connectivity index (χ0v) is 16.0. The Balaban J connectivity index is 1.90. The Morgan fingerprint density at radius 1 is 0.857 bits per heavy atom. The molecule has 3 nitrogen and oxygen atoms in total. The van der Waals surface area contributed by atoms with Gasteiger partial charge in [-0.05, 0) is 42.5 Å². The van der Waals surface area contributed by atoms with Crippen molar-refractivity contribution < 1.29 is 4.74 Å². The maximum atomic E-state index is 5.49. The highest BCUT2D eigenvalue weighted by Gasteiger charge is 2.18. The first kappa shape index (κ1) is 15.7. The molecule has 0 aliphatic heterocycles. The van der Waals surface area contributed by atoms with Crippen LogP contribution in [0.3, 0.4) is 0 Å². The lowest BCUT2D eigenvalue weighted by molar-refractivity contribution is 0.414. The molecule has 3 aromatic heterocycles. The number of ether oxygens (including phenoxy) is 1. The molecule has 0 radical (unpaired) electrons. The van der Waals surface area contributed by atoms with Crippen molar-refractivity contribution in [1.29, 1.82) is 0 Å². The summed E-state index contributed by atoms with van der Waals surface area (Å²) >= 11 is 1.84. The molecule has 3 heterocycles. The van der Waals surface area contributed by atoms with E-state index in [4.69, 9.17) is 9.72 Å². The summed E-state index contributed by atoms with van der Waals surface area (Å²) in [4.78, 5) is 4.72. The van der Waals surface area contributed by atoms with Crippen LogP contribution in [-0.2, 0) is 0 Å². The van der Waals surface area contributed by atoms with Gasteiger partial charge in [-0.2, -0.15) is 0 Å². The Labute approximate surface area is 165 Å². The first-order valence-electron chi connectivity index (χ1n) is 9.19. The van der Waals surface area contributed by atoms with Crippen molar-refractivity contribution in [2.45, 2.75) is 0 Å². The Bertz CT molecular complexity index is 1510. The molecular weight excluding hydrogens is 364 g/mol. The summed E-state index contributed by atoms with van der Waals surface area (Å²) in [7, 11) is 1.71. The lowest BCUT2D eigenvalue weighted by atomic mass is 10.1. The van der Waals surface area contributed by atoms with Gasteiger partial charge in [0.2, 0.25) is 0 Å². The Hall–Kier alpha value is -3.37. The molecule has 6 rings (SSSR count). The van der Waals surface area contributed by atoms with E-state index in [-0.39, 0.29) is 0 Å². The minimum absolute atomic E-state index is 0.846. The van der Waals surface area contributed by atoms with Crippen LogP contribution in [0.2, 0.25) is 0 Å². The normalized spacial score (nSPS) is 11.8. The molecule has 0 amide bonds. The van der Waals surface area contributed by atoms with Crippen molar-refractivity contribution in [3.05, 3.63) is 79.0 Å². The Morgan fingerprint density at radius 3 is 2.71 bits per heavy atom. The molecule has 134 valence electrons. The summed E-state index contributed by atoms with van der Waals surface area (Å²) in [5.74, 6) is 0.846. The van der Waals surface area contributed by atoms with Crippen molar-refractivity contribution in [2.75, 3.05) is 7.11 Å². The summed E-state index contributed by atoms with van der Waals surface area (Å²) in [5.41, 5.74) is 4.41. The van der Waals surface area contributed by atoms with Gasteiger partial charge < -0.3 is 9.30 Å². The minimum atomic E-state index is 0.846. The van der Waals surface area contributed by atoms with Crippen LogP contribution in [0.1, 0.15) is 0 Å². The number of aromatic nitrogens is 2. The van der Waals surface area contributed by atoms with Crippen molar-refractivity contribution in [1.82, 2.24) is 9.55 Å². The molecule has 4 heteroatoms. The number of nitrogens with zero attached hydrogens (tertiary/aromatic N) is 2. The third kappa shape index (κ3) is 2.06. The second-order valence-electron chi connectivity index (χ2n) is 6.84. The fourth-order valence-corrected chi connectivity index (χ4v) is 5.25. The number of pyridine rings is 1. The third-order valence-electron chi connectivity index (χ3n) is 5.33. The quantitative estimate of drug-likeness (QED) is 0.340. The van der Waals surface area contributed by atoms with Crippen LogP contribution >= 0.6 is 11.3 Å². The van der Waals surface area contributed by atoms with E-state index in [2.05, 4.69) is 59.2 Å². The Morgan fingerprint density at radius 2 is 1.79 bits per heavy atom. The third-order valence-corrected chi connectivity index (χ3v) is 6.47. The number of thiophene rings is 1. The molecular formula is C24H16N2OS. The van der Waals surface area contributed by atoms with Gasteiger partial charge in [0.15, 0.2) is 0 Å². The average Bonchev–Trinajstić information content (AvgIpc) is 3.29. The fraction of sp³-hybridized carbons (Fsp3) is 0.0417. The number of rotatable bonds is 2. The molecule has 0 saturated heterocycles. The van der Waals surface area contributed by atoms with Crippen LogP contribution in [0.25, 0.3) is 47.8 Å². The van der Waals surface area contributed by atoms with E-state index in [1.807, 2.05) is 35.7 Å². The van der Waals surface area contributed by atoms with E-state index in [0.29, 0.717) is 0 Å². The first-order valence-corrected chi connectivity index (χ1v) is 10.0. The molecule has 0 aliphatic carbocycles. The highest BCUT2D eigenvalue weighted by molar-refractivity contribution is 7.26. The van der Waals surface area contributed by atoms with Gasteiger partial charge in [-0.15, -0.1) is 11.3 Å². The van der Waals surface area contributed by atoms with Gasteiger partial charge in [-0.3, -0.25) is 4.98 Å². The van der Waals surface area contributed by atoms with E-state index in [0.717, 1.165) is 22.5 Å². The standard InChI is InChI=1S/C24H16N2OS/c1-27-16-7-4-6-15(14-16)26-19-9-5-13-25-23(19)18-11-12-21-22(24(18)26)17-8-2-3-10-20(17)28-21/h2-14H,1H3. The number of hydrogen-bond donors (Lipinski definition) is 0. The lowest BCUT2D eigenvalue weighted by Gasteiger charge is -2.10. The van der Waals surface area contributed by atoms with Crippen molar-refractivity contribution in [3.8, 4) is 11.4 Å². The smallest absolute Gasteiger partial charge is 0.120 e. The SMILES string of the molecule is COc1cccc(-n2c3cccnc3c3ccc4sc5ccccc5c4c32)c1. The topological polar surface area (TPSA) is 27.1 Å². The number of methoxy groups -OCH3 is 1. The second kappa shape index (κ2) is 5.81. The number of fused-ring (bicyclic) bond motifs is 7. The van der Waals surface area contributed by atoms with Gasteiger partial charge in [0.05, 0.1) is 23.7 Å². The van der Waals surface area contributed by atoms with E-state index in [9.17, 15) is 0 Å². The van der Waals surface area contributed by atoms with Crippen LogP contribution in [0, 0.1) is 0 Å². The predicted molar refractivity (Wildman–Crippen MR) is 118 cm³/mol. The molecule has 0 unspecified atom stereocenters. The van der Waals surface area contributed by atoms with Gasteiger partial charge in [0, 0.05) is 43.5 Å². The largest absolute Gasteiger partial charge is 0.497 e. The van der Waals surface area contributed by atoms with E-state index >= 15 is 0 Å². The maximum Gasteiger partial charge on any atom is 0.120 e. The van der Waals surface area contributed by atoms with Crippen molar-refractivity contribution in [3.63, 3.8) is 0 Å². The summed E-state index contributed by atoms with van der Waals surface area (Å²) in [6, 6.07) is 25.4.